The number of nitrogens with zero attached hydrogens (tertiary/aromatic N) is 1. The zero-order valence-electron chi connectivity index (χ0n) is 10.4. The Labute approximate surface area is 103 Å². The summed E-state index contributed by atoms with van der Waals surface area (Å²) < 4.78 is 0. The summed E-state index contributed by atoms with van der Waals surface area (Å²) in [5.74, 6) is 0.866. The predicted octanol–water partition coefficient (Wildman–Crippen LogP) is 2.94. The van der Waals surface area contributed by atoms with Gasteiger partial charge < -0.3 is 5.32 Å². The largest absolute Gasteiger partial charge is 0.310 e. The molecule has 1 aromatic heterocycles. The van der Waals surface area contributed by atoms with Crippen LogP contribution < -0.4 is 5.32 Å². The molecule has 2 atom stereocenters. The number of hydrogen-bond acceptors (Lipinski definition) is 2. The molecule has 2 heteroatoms. The van der Waals surface area contributed by atoms with Crippen LogP contribution in [0.5, 0.6) is 0 Å². The number of aryl methyl sites for hydroxylation is 1. The van der Waals surface area contributed by atoms with Gasteiger partial charge in [-0.15, -0.1) is 0 Å². The maximum Gasteiger partial charge on any atom is 0.0343 e. The third-order valence-electron chi connectivity index (χ3n) is 4.05. The Kier molecular flexibility index (Phi) is 2.98. The van der Waals surface area contributed by atoms with Crippen molar-refractivity contribution in [3.8, 4) is 0 Å². The van der Waals surface area contributed by atoms with E-state index in [1.807, 2.05) is 12.4 Å². The lowest BCUT2D eigenvalue weighted by molar-refractivity contribution is 0.298. The van der Waals surface area contributed by atoms with E-state index in [2.05, 4.69) is 29.4 Å². The van der Waals surface area contributed by atoms with Gasteiger partial charge in [-0.2, -0.15) is 0 Å². The molecule has 2 aliphatic rings. The Hall–Kier alpha value is -1.15. The maximum absolute atomic E-state index is 4.30. The summed E-state index contributed by atoms with van der Waals surface area (Å²) in [5, 5.41) is 3.64. The van der Waals surface area contributed by atoms with E-state index >= 15 is 0 Å². The molecule has 1 aromatic rings. The fraction of sp³-hybridized carbons (Fsp3) is 0.533. The molecular formula is C15H20N2. The van der Waals surface area contributed by atoms with Gasteiger partial charge in [-0.25, -0.2) is 0 Å². The van der Waals surface area contributed by atoms with E-state index in [1.165, 1.54) is 48.9 Å². The summed E-state index contributed by atoms with van der Waals surface area (Å²) >= 11 is 0. The van der Waals surface area contributed by atoms with Crippen LogP contribution >= 0.6 is 0 Å². The summed E-state index contributed by atoms with van der Waals surface area (Å²) in [6, 6.07) is 2.86. The minimum absolute atomic E-state index is 0.605. The molecule has 2 nitrogen and oxygen atoms in total. The van der Waals surface area contributed by atoms with Gasteiger partial charge >= 0.3 is 0 Å². The molecule has 1 aliphatic carbocycles. The molecule has 2 heterocycles. The lowest BCUT2D eigenvalue weighted by Gasteiger charge is -2.35. The second kappa shape index (κ2) is 4.61. The Morgan fingerprint density at radius 2 is 2.24 bits per heavy atom. The molecule has 0 aromatic carbocycles. The lowest BCUT2D eigenvalue weighted by atomic mass is 9.79. The normalized spacial score (nSPS) is 28.4. The molecule has 1 saturated heterocycles. The molecule has 1 fully saturated rings. The minimum atomic E-state index is 0.605. The first-order valence-electron chi connectivity index (χ1n) is 6.69. The first-order chi connectivity index (χ1) is 8.33. The van der Waals surface area contributed by atoms with E-state index in [-0.39, 0.29) is 0 Å². The van der Waals surface area contributed by atoms with Gasteiger partial charge in [0.15, 0.2) is 0 Å². The molecule has 17 heavy (non-hydrogen) atoms. The van der Waals surface area contributed by atoms with Gasteiger partial charge in [-0.3, -0.25) is 4.98 Å². The molecular weight excluding hydrogens is 208 g/mol. The molecule has 1 N–H and O–H groups in total. The van der Waals surface area contributed by atoms with Crippen LogP contribution in [0.2, 0.25) is 0 Å². The number of piperidine rings is 1. The minimum Gasteiger partial charge on any atom is -0.310 e. The van der Waals surface area contributed by atoms with E-state index in [0.717, 1.165) is 5.92 Å². The highest BCUT2D eigenvalue weighted by molar-refractivity contribution is 5.66. The maximum atomic E-state index is 4.30. The zero-order valence-corrected chi connectivity index (χ0v) is 10.4. The van der Waals surface area contributed by atoms with Crippen LogP contribution in [0.15, 0.2) is 24.5 Å². The molecule has 1 aliphatic heterocycles. The number of allylic oxidation sites excluding steroid dienone is 1. The number of pyridine rings is 1. The van der Waals surface area contributed by atoms with Gasteiger partial charge in [-0.05, 0) is 67.8 Å². The second-order valence-electron chi connectivity index (χ2n) is 5.36. The van der Waals surface area contributed by atoms with Crippen molar-refractivity contribution in [3.05, 3.63) is 35.7 Å². The molecule has 0 radical (unpaired) electrons. The van der Waals surface area contributed by atoms with Gasteiger partial charge in [0.2, 0.25) is 0 Å². The van der Waals surface area contributed by atoms with Crippen LogP contribution in [0.25, 0.3) is 5.57 Å². The van der Waals surface area contributed by atoms with Gasteiger partial charge in [-0.1, -0.05) is 6.08 Å². The van der Waals surface area contributed by atoms with Crippen LogP contribution in [0, 0.1) is 12.8 Å². The zero-order chi connectivity index (χ0) is 11.7. The third kappa shape index (κ3) is 2.27. The van der Waals surface area contributed by atoms with Crippen LogP contribution in [0.3, 0.4) is 0 Å². The summed E-state index contributed by atoms with van der Waals surface area (Å²) in [6.45, 7) is 3.29. The fourth-order valence-corrected chi connectivity index (χ4v) is 3.11. The quantitative estimate of drug-likeness (QED) is 0.799. The molecule has 3 rings (SSSR count). The van der Waals surface area contributed by atoms with Crippen molar-refractivity contribution >= 4 is 5.57 Å². The Morgan fingerprint density at radius 1 is 1.29 bits per heavy atom. The van der Waals surface area contributed by atoms with Gasteiger partial charge in [0.25, 0.3) is 0 Å². The van der Waals surface area contributed by atoms with Gasteiger partial charge in [0.05, 0.1) is 0 Å². The molecule has 0 bridgehead atoms. The summed E-state index contributed by atoms with van der Waals surface area (Å²) in [4.78, 5) is 4.30. The highest BCUT2D eigenvalue weighted by Crippen LogP contribution is 2.34. The summed E-state index contributed by atoms with van der Waals surface area (Å²) in [6.07, 6.45) is 11.7. The number of aromatic nitrogens is 1. The Balaban J connectivity index is 1.86. The molecule has 0 unspecified atom stereocenters. The first kappa shape index (κ1) is 11.0. The van der Waals surface area contributed by atoms with Crippen molar-refractivity contribution in [3.63, 3.8) is 0 Å². The van der Waals surface area contributed by atoms with Crippen LogP contribution in [0.1, 0.15) is 36.8 Å². The average molecular weight is 228 g/mol. The molecule has 90 valence electrons. The van der Waals surface area contributed by atoms with Crippen LogP contribution in [-0.4, -0.2) is 17.6 Å². The monoisotopic (exact) mass is 228 g/mol. The van der Waals surface area contributed by atoms with Crippen molar-refractivity contribution < 1.29 is 0 Å². The number of nitrogens with one attached hydrogen (secondary N) is 1. The van der Waals surface area contributed by atoms with Crippen molar-refractivity contribution in [2.75, 3.05) is 6.54 Å². The van der Waals surface area contributed by atoms with E-state index in [0.29, 0.717) is 6.04 Å². The molecule has 0 saturated carbocycles. The SMILES string of the molecule is Cc1cncc(C2=C[C@@H]3NCCC[C@@H]3CC2)c1. The molecule has 0 amide bonds. The smallest absolute Gasteiger partial charge is 0.0343 e. The van der Waals surface area contributed by atoms with Crippen molar-refractivity contribution in [1.82, 2.24) is 10.3 Å². The third-order valence-corrected chi connectivity index (χ3v) is 4.05. The van der Waals surface area contributed by atoms with Crippen molar-refractivity contribution in [1.29, 1.82) is 0 Å². The lowest BCUT2D eigenvalue weighted by Crippen LogP contribution is -2.41. The number of fused-ring (bicyclic) bond motifs is 1. The van der Waals surface area contributed by atoms with Gasteiger partial charge in [0, 0.05) is 18.4 Å². The standard InChI is InChI=1S/C15H20N2/c1-11-7-14(10-16-9-11)13-5-4-12-3-2-6-17-15(12)8-13/h7-10,12,15,17H,2-6H2,1H3/t12-,15+/m1/s1. The van der Waals surface area contributed by atoms with Crippen molar-refractivity contribution in [2.24, 2.45) is 5.92 Å². The average Bonchev–Trinajstić information content (AvgIpc) is 2.38. The highest BCUT2D eigenvalue weighted by atomic mass is 14.9. The Morgan fingerprint density at radius 3 is 3.12 bits per heavy atom. The van der Waals surface area contributed by atoms with E-state index < -0.39 is 0 Å². The van der Waals surface area contributed by atoms with E-state index in [9.17, 15) is 0 Å². The first-order valence-corrected chi connectivity index (χ1v) is 6.69. The van der Waals surface area contributed by atoms with E-state index in [1.54, 1.807) is 0 Å². The fourth-order valence-electron chi connectivity index (χ4n) is 3.11. The Bertz CT molecular complexity index is 436. The predicted molar refractivity (Wildman–Crippen MR) is 70.7 cm³/mol. The summed E-state index contributed by atoms with van der Waals surface area (Å²) in [7, 11) is 0. The van der Waals surface area contributed by atoms with Crippen molar-refractivity contribution in [2.45, 2.75) is 38.6 Å². The van der Waals surface area contributed by atoms with Crippen LogP contribution in [-0.2, 0) is 0 Å². The summed E-state index contributed by atoms with van der Waals surface area (Å²) in [5.41, 5.74) is 4.05. The van der Waals surface area contributed by atoms with Crippen LogP contribution in [0.4, 0.5) is 0 Å². The number of rotatable bonds is 1. The molecule has 0 spiro atoms. The number of hydrogen-bond donors (Lipinski definition) is 1. The van der Waals surface area contributed by atoms with Gasteiger partial charge in [0.1, 0.15) is 0 Å². The highest BCUT2D eigenvalue weighted by Gasteiger charge is 2.27. The van der Waals surface area contributed by atoms with E-state index in [4.69, 9.17) is 0 Å². The topological polar surface area (TPSA) is 24.9 Å². The second-order valence-corrected chi connectivity index (χ2v) is 5.36.